The van der Waals surface area contributed by atoms with Crippen molar-refractivity contribution >= 4 is 10.0 Å². The molecule has 0 unspecified atom stereocenters. The molecule has 0 bridgehead atoms. The number of nitrogens with zero attached hydrogens (tertiary/aromatic N) is 2. The number of hydrogen-bond acceptors (Lipinski definition) is 4. The van der Waals surface area contributed by atoms with Gasteiger partial charge in [0, 0.05) is 17.8 Å². The molecule has 1 saturated heterocycles. The molecule has 7 heteroatoms. The summed E-state index contributed by atoms with van der Waals surface area (Å²) in [5.41, 5.74) is 4.40. The highest BCUT2D eigenvalue weighted by atomic mass is 32.2. The summed E-state index contributed by atoms with van der Waals surface area (Å²) < 4.78 is 35.6. The standard InChI is InChI=1S/C22H28N2O4S/c1-13-8-14(2)17(5)22(16(13)4)29(26,27)23-11-20(12-23)28-19-9-15(3)24(18-6-7-18)21(25)10-19/h8-10,18,20H,6-7,11-12H2,1-5H3. The number of aryl methyl sites for hydroxylation is 3. The highest BCUT2D eigenvalue weighted by Crippen LogP contribution is 2.35. The molecule has 0 spiro atoms. The van der Waals surface area contributed by atoms with E-state index in [0.717, 1.165) is 40.8 Å². The number of aromatic nitrogens is 1. The number of benzene rings is 1. The lowest BCUT2D eigenvalue weighted by molar-refractivity contribution is 0.0758. The van der Waals surface area contributed by atoms with E-state index < -0.39 is 10.0 Å². The Hall–Kier alpha value is -2.12. The summed E-state index contributed by atoms with van der Waals surface area (Å²) in [6.45, 7) is 10.1. The molecule has 1 aromatic carbocycles. The fourth-order valence-corrected chi connectivity index (χ4v) is 6.19. The molecule has 29 heavy (non-hydrogen) atoms. The summed E-state index contributed by atoms with van der Waals surface area (Å²) in [6, 6.07) is 5.73. The van der Waals surface area contributed by atoms with E-state index >= 15 is 0 Å². The quantitative estimate of drug-likeness (QED) is 0.751. The molecule has 2 fully saturated rings. The van der Waals surface area contributed by atoms with Crippen LogP contribution in [-0.4, -0.2) is 36.5 Å². The van der Waals surface area contributed by atoms with Crippen molar-refractivity contribution in [2.75, 3.05) is 13.1 Å². The molecule has 2 aliphatic rings. The van der Waals surface area contributed by atoms with Crippen LogP contribution in [-0.2, 0) is 10.0 Å². The molecule has 0 atom stereocenters. The average molecular weight is 417 g/mol. The van der Waals surface area contributed by atoms with Gasteiger partial charge in [0.2, 0.25) is 10.0 Å². The topological polar surface area (TPSA) is 68.6 Å². The fraction of sp³-hybridized carbons (Fsp3) is 0.500. The van der Waals surface area contributed by atoms with Crippen molar-refractivity contribution in [3.05, 3.63) is 56.5 Å². The zero-order valence-electron chi connectivity index (χ0n) is 17.7. The lowest BCUT2D eigenvalue weighted by atomic mass is 10.0. The highest BCUT2D eigenvalue weighted by molar-refractivity contribution is 7.89. The molecule has 156 valence electrons. The SMILES string of the molecule is Cc1cc(C)c(C)c(S(=O)(=O)N2CC(Oc3cc(C)n(C4CC4)c(=O)c3)C2)c1C. The summed E-state index contributed by atoms with van der Waals surface area (Å²) in [6.07, 6.45) is 1.85. The lowest BCUT2D eigenvalue weighted by Crippen LogP contribution is -2.56. The predicted octanol–water partition coefficient (Wildman–Crippen LogP) is 3.18. The van der Waals surface area contributed by atoms with Gasteiger partial charge in [0.1, 0.15) is 11.9 Å². The molecule has 1 aliphatic heterocycles. The van der Waals surface area contributed by atoms with Crippen LogP contribution in [0, 0.1) is 34.6 Å². The van der Waals surface area contributed by atoms with Gasteiger partial charge in [-0.05, 0) is 75.8 Å². The van der Waals surface area contributed by atoms with Crippen LogP contribution in [0.2, 0.25) is 0 Å². The first-order valence-electron chi connectivity index (χ1n) is 10.1. The second kappa shape index (κ2) is 6.99. The van der Waals surface area contributed by atoms with E-state index in [1.54, 1.807) is 0 Å². The second-order valence-corrected chi connectivity index (χ2v) is 10.3. The Morgan fingerprint density at radius 1 is 0.931 bits per heavy atom. The monoisotopic (exact) mass is 416 g/mol. The third-order valence-electron chi connectivity index (χ3n) is 6.16. The lowest BCUT2D eigenvalue weighted by Gasteiger charge is -2.38. The Labute approximate surface area is 172 Å². The maximum atomic E-state index is 13.2. The molecule has 1 aliphatic carbocycles. The molecule has 2 aromatic rings. The Balaban J connectivity index is 1.50. The van der Waals surface area contributed by atoms with Crippen LogP contribution >= 0.6 is 0 Å². The second-order valence-electron chi connectivity index (χ2n) is 8.42. The minimum absolute atomic E-state index is 0.0483. The van der Waals surface area contributed by atoms with Crippen LogP contribution in [0.25, 0.3) is 0 Å². The van der Waals surface area contributed by atoms with Crippen molar-refractivity contribution in [1.82, 2.24) is 8.87 Å². The average Bonchev–Trinajstić information content (AvgIpc) is 3.40. The number of sulfonamides is 1. The summed E-state index contributed by atoms with van der Waals surface area (Å²) in [5.74, 6) is 0.519. The summed E-state index contributed by atoms with van der Waals surface area (Å²) in [4.78, 5) is 12.8. The Morgan fingerprint density at radius 3 is 2.03 bits per heavy atom. The molecule has 0 N–H and O–H groups in total. The van der Waals surface area contributed by atoms with Crippen molar-refractivity contribution in [3.63, 3.8) is 0 Å². The fourth-order valence-electron chi connectivity index (χ4n) is 4.11. The normalized spacial score (nSPS) is 18.0. The largest absolute Gasteiger partial charge is 0.487 e. The predicted molar refractivity (Wildman–Crippen MR) is 112 cm³/mol. The first kappa shape index (κ1) is 20.2. The van der Waals surface area contributed by atoms with Crippen LogP contribution in [0.15, 0.2) is 27.9 Å². The summed E-state index contributed by atoms with van der Waals surface area (Å²) in [7, 11) is -3.57. The van der Waals surface area contributed by atoms with Crippen LogP contribution in [0.5, 0.6) is 5.75 Å². The highest BCUT2D eigenvalue weighted by Gasteiger charge is 2.40. The van der Waals surface area contributed by atoms with E-state index in [2.05, 4.69) is 0 Å². The molecule has 2 heterocycles. The number of pyridine rings is 1. The van der Waals surface area contributed by atoms with Gasteiger partial charge in [0.05, 0.1) is 18.0 Å². The first-order valence-corrected chi connectivity index (χ1v) is 11.5. The van der Waals surface area contributed by atoms with E-state index in [0.29, 0.717) is 29.8 Å². The van der Waals surface area contributed by atoms with E-state index in [1.807, 2.05) is 51.3 Å². The van der Waals surface area contributed by atoms with Crippen LogP contribution in [0.3, 0.4) is 0 Å². The summed E-state index contributed by atoms with van der Waals surface area (Å²) >= 11 is 0. The summed E-state index contributed by atoms with van der Waals surface area (Å²) in [5, 5.41) is 0. The minimum atomic E-state index is -3.57. The van der Waals surface area contributed by atoms with Gasteiger partial charge in [0.15, 0.2) is 0 Å². The number of hydrogen-bond donors (Lipinski definition) is 0. The smallest absolute Gasteiger partial charge is 0.254 e. The third kappa shape index (κ3) is 3.51. The Kier molecular flexibility index (Phi) is 4.86. The van der Waals surface area contributed by atoms with E-state index in [1.165, 1.54) is 10.4 Å². The van der Waals surface area contributed by atoms with Crippen molar-refractivity contribution in [2.45, 2.75) is 64.5 Å². The van der Waals surface area contributed by atoms with Gasteiger partial charge in [-0.15, -0.1) is 0 Å². The maximum absolute atomic E-state index is 13.2. The van der Waals surface area contributed by atoms with Crippen molar-refractivity contribution in [3.8, 4) is 5.75 Å². The van der Waals surface area contributed by atoms with Gasteiger partial charge in [-0.25, -0.2) is 8.42 Å². The zero-order chi connectivity index (χ0) is 21.1. The minimum Gasteiger partial charge on any atom is -0.487 e. The molecule has 0 amide bonds. The van der Waals surface area contributed by atoms with Gasteiger partial charge in [0.25, 0.3) is 5.56 Å². The van der Waals surface area contributed by atoms with E-state index in [-0.39, 0.29) is 11.7 Å². The number of ether oxygens (including phenoxy) is 1. The molecule has 4 rings (SSSR count). The van der Waals surface area contributed by atoms with Gasteiger partial charge in [-0.3, -0.25) is 4.79 Å². The number of rotatable bonds is 5. The molecule has 6 nitrogen and oxygen atoms in total. The van der Waals surface area contributed by atoms with Crippen molar-refractivity contribution < 1.29 is 13.2 Å². The van der Waals surface area contributed by atoms with Gasteiger partial charge < -0.3 is 9.30 Å². The molecule has 1 aromatic heterocycles. The molecular weight excluding hydrogens is 388 g/mol. The third-order valence-corrected chi connectivity index (χ3v) is 8.26. The molecule has 0 radical (unpaired) electrons. The van der Waals surface area contributed by atoms with Gasteiger partial charge >= 0.3 is 0 Å². The van der Waals surface area contributed by atoms with Crippen LogP contribution in [0.1, 0.15) is 46.8 Å². The van der Waals surface area contributed by atoms with Crippen molar-refractivity contribution in [1.29, 1.82) is 0 Å². The maximum Gasteiger partial charge on any atom is 0.254 e. The first-order chi connectivity index (χ1) is 13.6. The van der Waals surface area contributed by atoms with Crippen LogP contribution in [0.4, 0.5) is 0 Å². The Bertz CT molecular complexity index is 1110. The Morgan fingerprint density at radius 2 is 1.52 bits per heavy atom. The molecule has 1 saturated carbocycles. The van der Waals surface area contributed by atoms with Crippen molar-refractivity contribution in [2.24, 2.45) is 0 Å². The van der Waals surface area contributed by atoms with Gasteiger partial charge in [-0.1, -0.05) is 6.07 Å². The van der Waals surface area contributed by atoms with Gasteiger partial charge in [-0.2, -0.15) is 4.31 Å². The van der Waals surface area contributed by atoms with Crippen LogP contribution < -0.4 is 10.3 Å². The molecular formula is C22H28N2O4S. The zero-order valence-corrected chi connectivity index (χ0v) is 18.5. The van der Waals surface area contributed by atoms with E-state index in [9.17, 15) is 13.2 Å². The van der Waals surface area contributed by atoms with E-state index in [4.69, 9.17) is 4.74 Å².